The number of H-pyrrole nitrogens is 1. The lowest BCUT2D eigenvalue weighted by Gasteiger charge is -2.28. The zero-order chi connectivity index (χ0) is 18.1. The molecular formula is C20H27Cl2FN4O. The smallest absolute Gasteiger partial charge is 0.226 e. The molecule has 1 amide bonds. The van der Waals surface area contributed by atoms with Gasteiger partial charge in [0.05, 0.1) is 17.9 Å². The lowest BCUT2D eigenvalue weighted by atomic mass is 9.94. The zero-order valence-corrected chi connectivity index (χ0v) is 17.3. The molecule has 0 spiro atoms. The molecule has 1 saturated carbocycles. The molecule has 3 N–H and O–H groups in total. The van der Waals surface area contributed by atoms with Crippen LogP contribution in [-0.4, -0.2) is 33.9 Å². The molecule has 1 saturated heterocycles. The average molecular weight is 429 g/mol. The van der Waals surface area contributed by atoms with Crippen LogP contribution >= 0.6 is 24.8 Å². The van der Waals surface area contributed by atoms with E-state index in [0.29, 0.717) is 12.5 Å². The van der Waals surface area contributed by atoms with E-state index >= 15 is 0 Å². The second-order valence-corrected chi connectivity index (χ2v) is 7.41. The molecule has 0 radical (unpaired) electrons. The minimum atomic E-state index is -0.257. The monoisotopic (exact) mass is 428 g/mol. The number of amides is 1. The first-order valence-corrected chi connectivity index (χ1v) is 9.48. The van der Waals surface area contributed by atoms with Gasteiger partial charge in [-0.05, 0) is 68.0 Å². The maximum Gasteiger partial charge on any atom is 0.226 e. The first-order valence-electron chi connectivity index (χ1n) is 9.48. The highest BCUT2D eigenvalue weighted by molar-refractivity contribution is 5.85. The molecule has 2 fully saturated rings. The summed E-state index contributed by atoms with van der Waals surface area (Å²) in [4.78, 5) is 23.0. The maximum atomic E-state index is 13.1. The van der Waals surface area contributed by atoms with Gasteiger partial charge in [-0.1, -0.05) is 6.42 Å². The molecule has 1 aliphatic carbocycles. The van der Waals surface area contributed by atoms with Gasteiger partial charge in [-0.2, -0.15) is 0 Å². The Balaban J connectivity index is 0.00000140. The van der Waals surface area contributed by atoms with Crippen LogP contribution in [-0.2, 0) is 4.79 Å². The summed E-state index contributed by atoms with van der Waals surface area (Å²) in [5.41, 5.74) is 7.60. The molecule has 2 aromatic rings. The van der Waals surface area contributed by atoms with Crippen LogP contribution < -0.4 is 5.73 Å². The molecule has 8 heteroatoms. The van der Waals surface area contributed by atoms with Crippen LogP contribution in [0.2, 0.25) is 0 Å². The Kier molecular flexibility index (Phi) is 7.87. The predicted molar refractivity (Wildman–Crippen MR) is 112 cm³/mol. The summed E-state index contributed by atoms with van der Waals surface area (Å²) in [5, 5.41) is 0. The van der Waals surface area contributed by atoms with Crippen LogP contribution in [0.5, 0.6) is 0 Å². The maximum absolute atomic E-state index is 13.1. The van der Waals surface area contributed by atoms with E-state index in [0.717, 1.165) is 55.7 Å². The zero-order valence-electron chi connectivity index (χ0n) is 15.6. The Morgan fingerprint density at radius 1 is 1.18 bits per heavy atom. The Morgan fingerprint density at radius 3 is 2.64 bits per heavy atom. The molecule has 2 aliphatic rings. The molecule has 1 aliphatic heterocycles. The van der Waals surface area contributed by atoms with Gasteiger partial charge in [0.25, 0.3) is 0 Å². The molecule has 28 heavy (non-hydrogen) atoms. The third-order valence-electron chi connectivity index (χ3n) is 5.88. The van der Waals surface area contributed by atoms with Gasteiger partial charge in [0.1, 0.15) is 11.6 Å². The van der Waals surface area contributed by atoms with Crippen molar-refractivity contribution in [3.8, 4) is 11.3 Å². The average Bonchev–Trinajstić information content (AvgIpc) is 3.40. The van der Waals surface area contributed by atoms with Gasteiger partial charge in [0.2, 0.25) is 5.91 Å². The Bertz CT molecular complexity index is 783. The quantitative estimate of drug-likeness (QED) is 0.769. The molecule has 3 atom stereocenters. The largest absolute Gasteiger partial charge is 0.340 e. The number of hydrogen-bond acceptors (Lipinski definition) is 3. The van der Waals surface area contributed by atoms with Crippen LogP contribution in [0.3, 0.4) is 0 Å². The summed E-state index contributed by atoms with van der Waals surface area (Å²) in [7, 11) is 0. The molecule has 1 aromatic heterocycles. The van der Waals surface area contributed by atoms with Crippen molar-refractivity contribution < 1.29 is 9.18 Å². The number of carbonyl (C=O) groups excluding carboxylic acids is 1. The second kappa shape index (κ2) is 9.72. The van der Waals surface area contributed by atoms with Crippen molar-refractivity contribution in [2.24, 2.45) is 17.6 Å². The van der Waals surface area contributed by atoms with Crippen molar-refractivity contribution in [3.63, 3.8) is 0 Å². The molecule has 1 aromatic carbocycles. The molecule has 4 rings (SSSR count). The lowest BCUT2D eigenvalue weighted by Crippen LogP contribution is -2.39. The number of imidazole rings is 1. The van der Waals surface area contributed by atoms with Gasteiger partial charge in [-0.25, -0.2) is 9.37 Å². The number of nitrogens with one attached hydrogen (secondary N) is 1. The standard InChI is InChI=1S/C20H25FN4O.2ClH/c21-15-8-6-13(7-9-15)17-12-23-19(24-17)18-5-2-10-25(18)20(26)16-4-1-3-14(16)11-22;;/h6-9,12,14,16,18H,1-5,10-11,22H2,(H,23,24);2*1H/t14-,16-,18?;;/m1../s1. The lowest BCUT2D eigenvalue weighted by molar-refractivity contribution is -0.137. The Morgan fingerprint density at radius 2 is 1.93 bits per heavy atom. The second-order valence-electron chi connectivity index (χ2n) is 7.41. The first-order chi connectivity index (χ1) is 12.7. The van der Waals surface area contributed by atoms with Gasteiger partial charge in [-0.3, -0.25) is 4.79 Å². The predicted octanol–water partition coefficient (Wildman–Crippen LogP) is 4.10. The minimum absolute atomic E-state index is 0. The number of aromatic nitrogens is 2. The van der Waals surface area contributed by atoms with Gasteiger partial charge in [0, 0.05) is 12.5 Å². The van der Waals surface area contributed by atoms with Crippen molar-refractivity contribution >= 4 is 30.7 Å². The number of benzene rings is 1. The number of nitrogens with two attached hydrogens (primary N) is 1. The van der Waals surface area contributed by atoms with E-state index in [2.05, 4.69) is 9.97 Å². The number of likely N-dealkylation sites (tertiary alicyclic amines) is 1. The third kappa shape index (κ3) is 4.34. The molecule has 154 valence electrons. The fraction of sp³-hybridized carbons (Fsp3) is 0.500. The summed E-state index contributed by atoms with van der Waals surface area (Å²) in [6.07, 6.45) is 6.77. The number of aromatic amines is 1. The van der Waals surface area contributed by atoms with E-state index in [1.807, 2.05) is 4.90 Å². The number of rotatable bonds is 4. The topological polar surface area (TPSA) is 75.0 Å². The van der Waals surface area contributed by atoms with E-state index in [1.165, 1.54) is 12.1 Å². The molecule has 1 unspecified atom stereocenters. The fourth-order valence-corrected chi connectivity index (χ4v) is 4.45. The van der Waals surface area contributed by atoms with E-state index < -0.39 is 0 Å². The van der Waals surface area contributed by atoms with Crippen molar-refractivity contribution in [2.45, 2.75) is 38.1 Å². The molecule has 2 heterocycles. The normalized spacial score (nSPS) is 23.9. The van der Waals surface area contributed by atoms with Crippen molar-refractivity contribution in [1.29, 1.82) is 0 Å². The first kappa shape index (κ1) is 22.7. The van der Waals surface area contributed by atoms with Gasteiger partial charge in [0.15, 0.2) is 0 Å². The van der Waals surface area contributed by atoms with Gasteiger partial charge < -0.3 is 15.6 Å². The Labute approximate surface area is 177 Å². The summed E-state index contributed by atoms with van der Waals surface area (Å²) < 4.78 is 13.1. The summed E-state index contributed by atoms with van der Waals surface area (Å²) in [6, 6.07) is 6.34. The SMILES string of the molecule is Cl.Cl.NC[C@H]1CCC[C@H]1C(=O)N1CCCC1c1ncc(-c2ccc(F)cc2)[nH]1. The van der Waals surface area contributed by atoms with E-state index in [4.69, 9.17) is 5.73 Å². The summed E-state index contributed by atoms with van der Waals surface area (Å²) in [6.45, 7) is 1.37. The van der Waals surface area contributed by atoms with Crippen LogP contribution in [0.4, 0.5) is 4.39 Å². The van der Waals surface area contributed by atoms with Crippen molar-refractivity contribution in [3.05, 3.63) is 42.1 Å². The van der Waals surface area contributed by atoms with Gasteiger partial charge in [-0.15, -0.1) is 24.8 Å². The number of nitrogens with zero attached hydrogens (tertiary/aromatic N) is 2. The van der Waals surface area contributed by atoms with Crippen LogP contribution in [0, 0.1) is 17.7 Å². The van der Waals surface area contributed by atoms with Crippen LogP contribution in [0.1, 0.15) is 44.0 Å². The number of hydrogen-bond donors (Lipinski definition) is 2. The molecule has 0 bridgehead atoms. The highest BCUT2D eigenvalue weighted by Gasteiger charge is 2.39. The fourth-order valence-electron chi connectivity index (χ4n) is 4.45. The van der Waals surface area contributed by atoms with E-state index in [1.54, 1.807) is 18.3 Å². The highest BCUT2D eigenvalue weighted by Crippen LogP contribution is 2.38. The summed E-state index contributed by atoms with van der Waals surface area (Å²) in [5.74, 6) is 1.17. The van der Waals surface area contributed by atoms with E-state index in [9.17, 15) is 9.18 Å². The van der Waals surface area contributed by atoms with Crippen molar-refractivity contribution in [1.82, 2.24) is 14.9 Å². The molecular weight excluding hydrogens is 402 g/mol. The third-order valence-corrected chi connectivity index (χ3v) is 5.88. The van der Waals surface area contributed by atoms with Crippen molar-refractivity contribution in [2.75, 3.05) is 13.1 Å². The van der Waals surface area contributed by atoms with Crippen LogP contribution in [0.15, 0.2) is 30.5 Å². The number of halogens is 3. The molecule has 5 nitrogen and oxygen atoms in total. The minimum Gasteiger partial charge on any atom is -0.340 e. The summed E-state index contributed by atoms with van der Waals surface area (Å²) >= 11 is 0. The van der Waals surface area contributed by atoms with Crippen LogP contribution in [0.25, 0.3) is 11.3 Å². The number of carbonyl (C=O) groups is 1. The van der Waals surface area contributed by atoms with Gasteiger partial charge >= 0.3 is 0 Å². The van der Waals surface area contributed by atoms with E-state index in [-0.39, 0.29) is 48.5 Å². The Hall–Kier alpha value is -1.63. The highest BCUT2D eigenvalue weighted by atomic mass is 35.5.